The lowest BCUT2D eigenvalue weighted by molar-refractivity contribution is 1.10. The first-order chi connectivity index (χ1) is 6.72. The van der Waals surface area contributed by atoms with Gasteiger partial charge in [-0.1, -0.05) is 6.92 Å². The molecule has 2 aromatic rings. The van der Waals surface area contributed by atoms with E-state index in [1.165, 1.54) is 0 Å². The van der Waals surface area contributed by atoms with Gasteiger partial charge in [-0.25, -0.2) is 15.0 Å². The zero-order chi connectivity index (χ0) is 10.1. The molecule has 0 bridgehead atoms. The summed E-state index contributed by atoms with van der Waals surface area (Å²) in [5, 5.41) is 0.763. The summed E-state index contributed by atoms with van der Waals surface area (Å²) in [6, 6.07) is 0. The zero-order valence-corrected chi connectivity index (χ0v) is 7.86. The van der Waals surface area contributed by atoms with E-state index in [2.05, 4.69) is 15.0 Å². The Kier molecular flexibility index (Phi) is 1.92. The largest absolute Gasteiger partial charge is 0.383 e. The molecule has 0 fully saturated rings. The van der Waals surface area contributed by atoms with Crippen LogP contribution in [-0.2, 0) is 6.42 Å². The van der Waals surface area contributed by atoms with E-state index in [-0.39, 0.29) is 5.95 Å². The second-order valence-electron chi connectivity index (χ2n) is 3.01. The first-order valence-corrected chi connectivity index (χ1v) is 4.38. The Morgan fingerprint density at radius 2 is 2.00 bits per heavy atom. The molecule has 2 heterocycles. The monoisotopic (exact) mass is 189 g/mol. The van der Waals surface area contributed by atoms with Crippen molar-refractivity contribution >= 4 is 22.7 Å². The molecule has 0 saturated heterocycles. The molecule has 2 aromatic heterocycles. The van der Waals surface area contributed by atoms with E-state index in [0.717, 1.165) is 22.9 Å². The van der Waals surface area contributed by atoms with Crippen molar-refractivity contribution in [1.82, 2.24) is 15.0 Å². The minimum Gasteiger partial charge on any atom is -0.383 e. The fourth-order valence-electron chi connectivity index (χ4n) is 1.36. The highest BCUT2D eigenvalue weighted by atomic mass is 15.0. The van der Waals surface area contributed by atoms with Gasteiger partial charge in [-0.3, -0.25) is 0 Å². The molecule has 0 aliphatic rings. The fraction of sp³-hybridized carbons (Fsp3) is 0.222. The molecule has 0 radical (unpaired) electrons. The highest BCUT2D eigenvalue weighted by Crippen LogP contribution is 2.20. The van der Waals surface area contributed by atoms with Crippen LogP contribution in [0.1, 0.15) is 12.5 Å². The van der Waals surface area contributed by atoms with Crippen molar-refractivity contribution in [2.24, 2.45) is 0 Å². The Bertz CT molecular complexity index is 480. The van der Waals surface area contributed by atoms with Crippen molar-refractivity contribution in [3.8, 4) is 0 Å². The maximum Gasteiger partial charge on any atom is 0.220 e. The van der Waals surface area contributed by atoms with Gasteiger partial charge in [-0.05, 0) is 12.0 Å². The molecule has 2 rings (SSSR count). The van der Waals surface area contributed by atoms with E-state index in [1.807, 2.05) is 6.92 Å². The standard InChI is InChI=1S/C9H11N5/c1-2-5-3-12-8(10)6-4-13-9(11)14-7(5)6/h3-4H,2H2,1H3,(H2,10,12)(H2,11,13,14). The maximum absolute atomic E-state index is 5.70. The average molecular weight is 189 g/mol. The third-order valence-corrected chi connectivity index (χ3v) is 2.13. The first-order valence-electron chi connectivity index (χ1n) is 4.38. The zero-order valence-electron chi connectivity index (χ0n) is 7.86. The molecule has 0 unspecified atom stereocenters. The molecular formula is C9H11N5. The molecule has 4 N–H and O–H groups in total. The van der Waals surface area contributed by atoms with E-state index in [1.54, 1.807) is 12.4 Å². The minimum atomic E-state index is 0.262. The number of nitrogens with zero attached hydrogens (tertiary/aromatic N) is 3. The molecule has 0 atom stereocenters. The molecule has 5 nitrogen and oxygen atoms in total. The second kappa shape index (κ2) is 3.10. The van der Waals surface area contributed by atoms with Gasteiger partial charge >= 0.3 is 0 Å². The van der Waals surface area contributed by atoms with Crippen LogP contribution >= 0.6 is 0 Å². The molecule has 0 aliphatic carbocycles. The molecule has 72 valence electrons. The van der Waals surface area contributed by atoms with E-state index >= 15 is 0 Å². The van der Waals surface area contributed by atoms with Crippen LogP contribution in [-0.4, -0.2) is 15.0 Å². The molecule has 0 aliphatic heterocycles. The van der Waals surface area contributed by atoms with Crippen LogP contribution in [0, 0.1) is 0 Å². The molecule has 14 heavy (non-hydrogen) atoms. The van der Waals surface area contributed by atoms with Crippen LogP contribution in [0.3, 0.4) is 0 Å². The van der Waals surface area contributed by atoms with Crippen LogP contribution in [0.15, 0.2) is 12.4 Å². The van der Waals surface area contributed by atoms with Gasteiger partial charge in [0.2, 0.25) is 5.95 Å². The van der Waals surface area contributed by atoms with E-state index in [0.29, 0.717) is 5.82 Å². The van der Waals surface area contributed by atoms with Crippen molar-refractivity contribution < 1.29 is 0 Å². The normalized spacial score (nSPS) is 10.6. The number of hydrogen-bond donors (Lipinski definition) is 2. The summed E-state index contributed by atoms with van der Waals surface area (Å²) in [4.78, 5) is 12.1. The Morgan fingerprint density at radius 1 is 1.21 bits per heavy atom. The van der Waals surface area contributed by atoms with Gasteiger partial charge < -0.3 is 11.5 Å². The van der Waals surface area contributed by atoms with Gasteiger partial charge in [-0.15, -0.1) is 0 Å². The predicted octanol–water partition coefficient (Wildman–Crippen LogP) is 0.752. The van der Waals surface area contributed by atoms with Crippen LogP contribution < -0.4 is 11.5 Å². The van der Waals surface area contributed by atoms with Crippen molar-refractivity contribution in [2.75, 3.05) is 11.5 Å². The lowest BCUT2D eigenvalue weighted by atomic mass is 10.1. The predicted molar refractivity (Wildman–Crippen MR) is 55.5 cm³/mol. The molecule has 0 spiro atoms. The molecule has 5 heteroatoms. The van der Waals surface area contributed by atoms with Crippen molar-refractivity contribution in [3.05, 3.63) is 18.0 Å². The summed E-state index contributed by atoms with van der Waals surface area (Å²) in [6.07, 6.45) is 4.18. The highest BCUT2D eigenvalue weighted by molar-refractivity contribution is 5.89. The van der Waals surface area contributed by atoms with Crippen molar-refractivity contribution in [3.63, 3.8) is 0 Å². The highest BCUT2D eigenvalue weighted by Gasteiger charge is 2.06. The average Bonchev–Trinajstić information content (AvgIpc) is 2.18. The lowest BCUT2D eigenvalue weighted by Crippen LogP contribution is -2.00. The molecular weight excluding hydrogens is 178 g/mol. The molecule has 0 amide bonds. The van der Waals surface area contributed by atoms with Gasteiger partial charge in [0.25, 0.3) is 0 Å². The molecule has 0 saturated carbocycles. The van der Waals surface area contributed by atoms with Gasteiger partial charge in [0, 0.05) is 12.4 Å². The number of rotatable bonds is 1. The number of fused-ring (bicyclic) bond motifs is 1. The van der Waals surface area contributed by atoms with Crippen LogP contribution in [0.4, 0.5) is 11.8 Å². The number of pyridine rings is 1. The maximum atomic E-state index is 5.70. The Morgan fingerprint density at radius 3 is 2.71 bits per heavy atom. The van der Waals surface area contributed by atoms with Gasteiger partial charge in [-0.2, -0.15) is 0 Å². The van der Waals surface area contributed by atoms with Crippen molar-refractivity contribution in [2.45, 2.75) is 13.3 Å². The van der Waals surface area contributed by atoms with Crippen LogP contribution in [0.2, 0.25) is 0 Å². The van der Waals surface area contributed by atoms with E-state index in [9.17, 15) is 0 Å². The lowest BCUT2D eigenvalue weighted by Gasteiger charge is -2.04. The van der Waals surface area contributed by atoms with Gasteiger partial charge in [0.15, 0.2) is 0 Å². The van der Waals surface area contributed by atoms with Crippen molar-refractivity contribution in [1.29, 1.82) is 0 Å². The smallest absolute Gasteiger partial charge is 0.220 e. The number of nitrogens with two attached hydrogens (primary N) is 2. The summed E-state index contributed by atoms with van der Waals surface area (Å²) in [6.45, 7) is 2.03. The minimum absolute atomic E-state index is 0.262. The Balaban J connectivity index is 2.85. The van der Waals surface area contributed by atoms with E-state index in [4.69, 9.17) is 11.5 Å². The Hall–Kier alpha value is -1.91. The summed E-state index contributed by atoms with van der Waals surface area (Å²) in [7, 11) is 0. The third-order valence-electron chi connectivity index (χ3n) is 2.13. The number of aromatic nitrogens is 3. The van der Waals surface area contributed by atoms with E-state index < -0.39 is 0 Å². The van der Waals surface area contributed by atoms with Crippen LogP contribution in [0.25, 0.3) is 10.9 Å². The number of hydrogen-bond acceptors (Lipinski definition) is 5. The summed E-state index contributed by atoms with van der Waals surface area (Å²) in [5.74, 6) is 0.704. The topological polar surface area (TPSA) is 90.7 Å². The third kappa shape index (κ3) is 1.22. The molecule has 0 aromatic carbocycles. The Labute approximate surface area is 81.2 Å². The second-order valence-corrected chi connectivity index (χ2v) is 3.01. The number of aryl methyl sites for hydroxylation is 1. The first kappa shape index (κ1) is 8.68. The number of nitrogen functional groups attached to an aromatic ring is 2. The summed E-state index contributed by atoms with van der Waals surface area (Å²) >= 11 is 0. The quantitative estimate of drug-likeness (QED) is 0.690. The summed E-state index contributed by atoms with van der Waals surface area (Å²) in [5.41, 5.74) is 13.0. The van der Waals surface area contributed by atoms with Crippen LogP contribution in [0.5, 0.6) is 0 Å². The van der Waals surface area contributed by atoms with Gasteiger partial charge in [0.05, 0.1) is 10.9 Å². The number of anilines is 2. The SMILES string of the molecule is CCc1cnc(N)c2cnc(N)nc12. The fourth-order valence-corrected chi connectivity index (χ4v) is 1.36. The summed E-state index contributed by atoms with van der Waals surface area (Å²) < 4.78 is 0. The van der Waals surface area contributed by atoms with Gasteiger partial charge in [0.1, 0.15) is 5.82 Å².